The summed E-state index contributed by atoms with van der Waals surface area (Å²) in [5, 5.41) is -1.99. The molecule has 7 nitrogen and oxygen atoms in total. The first-order valence-corrected chi connectivity index (χ1v) is 12.7. The zero-order valence-electron chi connectivity index (χ0n) is 19.7. The lowest BCUT2D eigenvalue weighted by Crippen LogP contribution is -2.40. The lowest BCUT2D eigenvalue weighted by Gasteiger charge is -2.28. The highest BCUT2D eigenvalue weighted by molar-refractivity contribution is 7.87. The van der Waals surface area contributed by atoms with Gasteiger partial charge < -0.3 is 9.47 Å². The maximum absolute atomic E-state index is 12.5. The van der Waals surface area contributed by atoms with Crippen LogP contribution in [-0.2, 0) is 29.2 Å². The highest BCUT2D eigenvalue weighted by atomic mass is 32.2. The van der Waals surface area contributed by atoms with Crippen LogP contribution in [0.15, 0.2) is 0 Å². The number of rotatable bonds is 16. The predicted molar refractivity (Wildman–Crippen MR) is 118 cm³/mol. The van der Waals surface area contributed by atoms with Crippen LogP contribution in [0.5, 0.6) is 0 Å². The Kier molecular flexibility index (Phi) is 12.8. The van der Waals surface area contributed by atoms with Crippen LogP contribution in [0.1, 0.15) is 112 Å². The van der Waals surface area contributed by atoms with Crippen LogP contribution in [0.25, 0.3) is 0 Å². The Labute approximate surface area is 183 Å². The van der Waals surface area contributed by atoms with Gasteiger partial charge in [0.1, 0.15) is 11.2 Å². The monoisotopic (exact) mass is 450 g/mol. The SMILES string of the molecule is CCCCCCC(C)(C)OC(=O)CC(C(=O)OC(C)(C)CCCCCC)S(=O)(=O)O. The van der Waals surface area contributed by atoms with Crippen molar-refractivity contribution in [2.45, 2.75) is 129 Å². The molecule has 0 amide bonds. The molecule has 0 aliphatic rings. The van der Waals surface area contributed by atoms with E-state index in [-0.39, 0.29) is 0 Å². The van der Waals surface area contributed by atoms with E-state index in [0.717, 1.165) is 51.4 Å². The van der Waals surface area contributed by atoms with Crippen LogP contribution >= 0.6 is 0 Å². The lowest BCUT2D eigenvalue weighted by molar-refractivity contribution is -0.164. The van der Waals surface area contributed by atoms with Gasteiger partial charge in [-0.15, -0.1) is 0 Å². The second-order valence-electron chi connectivity index (χ2n) is 9.24. The molecule has 0 aliphatic carbocycles. The minimum atomic E-state index is -4.82. The fourth-order valence-corrected chi connectivity index (χ4v) is 3.84. The Bertz CT molecular complexity index is 623. The average molecular weight is 451 g/mol. The molecule has 0 aliphatic heterocycles. The Morgan fingerprint density at radius 2 is 1.23 bits per heavy atom. The van der Waals surface area contributed by atoms with Gasteiger partial charge in [0.2, 0.25) is 0 Å². The maximum atomic E-state index is 12.5. The summed E-state index contributed by atoms with van der Waals surface area (Å²) in [6.45, 7) is 11.1. The molecule has 1 unspecified atom stereocenters. The van der Waals surface area contributed by atoms with E-state index in [2.05, 4.69) is 13.8 Å². The third kappa shape index (κ3) is 13.2. The van der Waals surface area contributed by atoms with E-state index in [9.17, 15) is 22.6 Å². The lowest BCUT2D eigenvalue weighted by atomic mass is 9.99. The van der Waals surface area contributed by atoms with E-state index in [0.29, 0.717) is 12.8 Å². The highest BCUT2D eigenvalue weighted by Crippen LogP contribution is 2.24. The molecule has 0 rings (SSSR count). The van der Waals surface area contributed by atoms with Gasteiger partial charge in [0, 0.05) is 0 Å². The minimum Gasteiger partial charge on any atom is -0.460 e. The van der Waals surface area contributed by atoms with Gasteiger partial charge in [-0.1, -0.05) is 52.4 Å². The molecule has 178 valence electrons. The van der Waals surface area contributed by atoms with Crippen LogP contribution in [0.4, 0.5) is 0 Å². The van der Waals surface area contributed by atoms with Crippen LogP contribution in [0.2, 0.25) is 0 Å². The number of carbonyl (C=O) groups is 2. The highest BCUT2D eigenvalue weighted by Gasteiger charge is 2.39. The van der Waals surface area contributed by atoms with Crippen LogP contribution in [0.3, 0.4) is 0 Å². The molecule has 0 fully saturated rings. The Balaban J connectivity index is 4.92. The molecule has 1 atom stereocenters. The van der Waals surface area contributed by atoms with E-state index in [1.165, 1.54) is 0 Å². The van der Waals surface area contributed by atoms with Crippen molar-refractivity contribution in [1.29, 1.82) is 0 Å². The summed E-state index contributed by atoms with van der Waals surface area (Å²) in [6.07, 6.45) is 8.45. The van der Waals surface area contributed by atoms with Gasteiger partial charge in [0.15, 0.2) is 5.25 Å². The van der Waals surface area contributed by atoms with Crippen molar-refractivity contribution in [3.8, 4) is 0 Å². The molecule has 8 heteroatoms. The molecule has 0 aromatic heterocycles. The van der Waals surface area contributed by atoms with Crippen LogP contribution in [0, 0.1) is 0 Å². The van der Waals surface area contributed by atoms with Crippen molar-refractivity contribution in [1.82, 2.24) is 0 Å². The van der Waals surface area contributed by atoms with Crippen molar-refractivity contribution >= 4 is 22.1 Å². The molecule has 0 saturated heterocycles. The Morgan fingerprint density at radius 1 is 0.800 bits per heavy atom. The zero-order valence-corrected chi connectivity index (χ0v) is 20.5. The van der Waals surface area contributed by atoms with Gasteiger partial charge >= 0.3 is 11.9 Å². The molecule has 0 bridgehead atoms. The number of hydrogen-bond acceptors (Lipinski definition) is 6. The standard InChI is InChI=1S/C22H42O7S/c1-7-9-11-13-15-21(3,4)28-19(23)17-18(30(25,26)27)20(24)29-22(5,6)16-14-12-10-8-2/h18H,7-17H2,1-6H3,(H,25,26,27). The van der Waals surface area contributed by atoms with Gasteiger partial charge in [-0.2, -0.15) is 8.42 Å². The van der Waals surface area contributed by atoms with E-state index in [4.69, 9.17) is 9.47 Å². The molecular formula is C22H42O7S. The molecule has 0 radical (unpaired) electrons. The van der Waals surface area contributed by atoms with Crippen molar-refractivity contribution in [3.63, 3.8) is 0 Å². The first-order chi connectivity index (χ1) is 13.7. The van der Waals surface area contributed by atoms with Gasteiger partial charge in [-0.05, 0) is 53.4 Å². The second-order valence-corrected chi connectivity index (χ2v) is 10.8. The summed E-state index contributed by atoms with van der Waals surface area (Å²) in [5.41, 5.74) is -1.67. The van der Waals surface area contributed by atoms with Gasteiger partial charge in [0.05, 0.1) is 6.42 Å². The summed E-state index contributed by atoms with van der Waals surface area (Å²) in [5.74, 6) is -1.98. The van der Waals surface area contributed by atoms with Gasteiger partial charge in [0.25, 0.3) is 10.1 Å². The van der Waals surface area contributed by atoms with Crippen molar-refractivity contribution < 1.29 is 32.0 Å². The van der Waals surface area contributed by atoms with Crippen LogP contribution in [-0.4, -0.2) is 41.4 Å². The van der Waals surface area contributed by atoms with E-state index in [1.54, 1.807) is 27.7 Å². The fraction of sp³-hybridized carbons (Fsp3) is 0.909. The number of hydrogen-bond donors (Lipinski definition) is 1. The molecule has 1 N–H and O–H groups in total. The molecule has 0 saturated carbocycles. The first-order valence-electron chi connectivity index (χ1n) is 11.1. The number of ether oxygens (including phenoxy) is 2. The topological polar surface area (TPSA) is 107 Å². The molecule has 0 spiro atoms. The van der Waals surface area contributed by atoms with E-state index >= 15 is 0 Å². The number of carbonyl (C=O) groups excluding carboxylic acids is 2. The minimum absolute atomic E-state index is 0.562. The average Bonchev–Trinajstić information content (AvgIpc) is 2.58. The van der Waals surface area contributed by atoms with Crippen molar-refractivity contribution in [2.75, 3.05) is 0 Å². The zero-order chi connectivity index (χ0) is 23.4. The van der Waals surface area contributed by atoms with E-state index in [1.807, 2.05) is 0 Å². The summed E-state index contributed by atoms with van der Waals surface area (Å²) >= 11 is 0. The molecule has 30 heavy (non-hydrogen) atoms. The molecule has 0 aromatic rings. The summed E-state index contributed by atoms with van der Waals surface area (Å²) in [7, 11) is -4.82. The molecular weight excluding hydrogens is 408 g/mol. The summed E-state index contributed by atoms with van der Waals surface area (Å²) in [6, 6.07) is 0. The van der Waals surface area contributed by atoms with Crippen LogP contribution < -0.4 is 0 Å². The first kappa shape index (κ1) is 28.9. The second kappa shape index (κ2) is 13.3. The fourth-order valence-electron chi connectivity index (χ4n) is 3.21. The number of unbranched alkanes of at least 4 members (excludes halogenated alkanes) is 6. The normalized spacial score (nSPS) is 13.7. The predicted octanol–water partition coefficient (Wildman–Crippen LogP) is 5.22. The smallest absolute Gasteiger partial charge is 0.327 e. The maximum Gasteiger partial charge on any atom is 0.327 e. The third-order valence-corrected chi connectivity index (χ3v) is 6.08. The molecule has 0 heterocycles. The molecule has 0 aromatic carbocycles. The summed E-state index contributed by atoms with van der Waals surface area (Å²) in [4.78, 5) is 24.8. The Hall–Kier alpha value is -1.15. The van der Waals surface area contributed by atoms with Crippen molar-refractivity contribution in [3.05, 3.63) is 0 Å². The largest absolute Gasteiger partial charge is 0.460 e. The number of esters is 2. The summed E-state index contributed by atoms with van der Waals surface area (Å²) < 4.78 is 43.7. The van der Waals surface area contributed by atoms with Crippen molar-refractivity contribution in [2.24, 2.45) is 0 Å². The van der Waals surface area contributed by atoms with Gasteiger partial charge in [-0.25, -0.2) is 0 Å². The van der Waals surface area contributed by atoms with Gasteiger partial charge in [-0.3, -0.25) is 14.1 Å². The third-order valence-electron chi connectivity index (χ3n) is 5.01. The Morgan fingerprint density at radius 3 is 1.63 bits per heavy atom. The quantitative estimate of drug-likeness (QED) is 0.195. The van der Waals surface area contributed by atoms with E-state index < -0.39 is 44.9 Å².